The molecule has 2 aromatic rings. The van der Waals surface area contributed by atoms with E-state index in [0.29, 0.717) is 32.8 Å². The summed E-state index contributed by atoms with van der Waals surface area (Å²) in [4.78, 5) is 14.4. The second-order valence-electron chi connectivity index (χ2n) is 5.72. The van der Waals surface area contributed by atoms with Crippen molar-refractivity contribution in [3.05, 3.63) is 59.7 Å². The van der Waals surface area contributed by atoms with Crippen LogP contribution in [-0.4, -0.2) is 32.7 Å². The highest BCUT2D eigenvalue weighted by atomic mass is 16.5. The molecule has 0 aromatic heterocycles. The van der Waals surface area contributed by atoms with Crippen molar-refractivity contribution in [1.29, 1.82) is 0 Å². The van der Waals surface area contributed by atoms with Crippen LogP contribution in [0.4, 0.5) is 5.69 Å². The smallest absolute Gasteiger partial charge is 0.239 e. The van der Waals surface area contributed by atoms with Crippen LogP contribution in [0.3, 0.4) is 0 Å². The van der Waals surface area contributed by atoms with E-state index in [1.807, 2.05) is 48.5 Å². The number of ether oxygens (including phenoxy) is 2. The van der Waals surface area contributed by atoms with E-state index in [1.165, 1.54) is 0 Å². The lowest BCUT2D eigenvalue weighted by Crippen LogP contribution is -2.41. The number of para-hydroxylation sites is 2. The van der Waals surface area contributed by atoms with Gasteiger partial charge in [0, 0.05) is 13.7 Å². The van der Waals surface area contributed by atoms with E-state index in [-0.39, 0.29) is 5.91 Å². The molecule has 1 amide bonds. The molecule has 0 aliphatic carbocycles. The fourth-order valence-corrected chi connectivity index (χ4v) is 2.84. The Morgan fingerprint density at radius 2 is 1.92 bits per heavy atom. The lowest BCUT2D eigenvalue weighted by molar-refractivity contribution is -0.120. The molecule has 5 heteroatoms. The summed E-state index contributed by atoms with van der Waals surface area (Å²) < 4.78 is 10.8. The van der Waals surface area contributed by atoms with E-state index in [2.05, 4.69) is 10.2 Å². The number of hydrogen-bond donors (Lipinski definition) is 1. The van der Waals surface area contributed by atoms with Crippen LogP contribution >= 0.6 is 0 Å². The van der Waals surface area contributed by atoms with Crippen LogP contribution in [0.1, 0.15) is 11.1 Å². The number of amides is 1. The van der Waals surface area contributed by atoms with Gasteiger partial charge in [-0.1, -0.05) is 36.4 Å². The molecule has 0 bridgehead atoms. The highest BCUT2D eigenvalue weighted by molar-refractivity contribution is 5.82. The molecular weight excluding hydrogens is 304 g/mol. The van der Waals surface area contributed by atoms with E-state index >= 15 is 0 Å². The van der Waals surface area contributed by atoms with Crippen LogP contribution < -0.4 is 15.0 Å². The first-order valence-electron chi connectivity index (χ1n) is 8.07. The predicted molar refractivity (Wildman–Crippen MR) is 93.2 cm³/mol. The van der Waals surface area contributed by atoms with Gasteiger partial charge >= 0.3 is 0 Å². The number of carbonyl (C=O) groups excluding carboxylic acids is 1. The van der Waals surface area contributed by atoms with Gasteiger partial charge in [-0.15, -0.1) is 0 Å². The molecule has 0 radical (unpaired) electrons. The second-order valence-corrected chi connectivity index (χ2v) is 5.72. The second kappa shape index (κ2) is 7.84. The minimum absolute atomic E-state index is 0.000997. The third kappa shape index (κ3) is 3.86. The average molecular weight is 326 g/mol. The summed E-state index contributed by atoms with van der Waals surface area (Å²) >= 11 is 0. The minimum Gasteiger partial charge on any atom is -0.490 e. The summed E-state index contributed by atoms with van der Waals surface area (Å²) in [5, 5.41) is 3.00. The molecule has 2 aromatic carbocycles. The molecule has 1 aliphatic rings. The molecule has 1 aliphatic heterocycles. The maximum absolute atomic E-state index is 12.3. The van der Waals surface area contributed by atoms with E-state index in [1.54, 1.807) is 7.11 Å². The third-order valence-electron chi connectivity index (χ3n) is 4.05. The molecule has 0 atom stereocenters. The van der Waals surface area contributed by atoms with Gasteiger partial charge < -0.3 is 19.7 Å². The molecule has 0 saturated carbocycles. The largest absolute Gasteiger partial charge is 0.490 e. The lowest BCUT2D eigenvalue weighted by atomic mass is 10.1. The van der Waals surface area contributed by atoms with Gasteiger partial charge in [0.2, 0.25) is 5.91 Å². The van der Waals surface area contributed by atoms with E-state index < -0.39 is 0 Å². The molecule has 0 spiro atoms. The highest BCUT2D eigenvalue weighted by Crippen LogP contribution is 2.30. The fourth-order valence-electron chi connectivity index (χ4n) is 2.84. The predicted octanol–water partition coefficient (Wildman–Crippen LogP) is 2.35. The molecule has 0 saturated heterocycles. The van der Waals surface area contributed by atoms with E-state index in [9.17, 15) is 4.79 Å². The van der Waals surface area contributed by atoms with Gasteiger partial charge in [-0.3, -0.25) is 4.79 Å². The molecule has 1 heterocycles. The number of rotatable bonds is 6. The number of hydrogen-bond acceptors (Lipinski definition) is 4. The van der Waals surface area contributed by atoms with Crippen molar-refractivity contribution in [3.63, 3.8) is 0 Å². The van der Waals surface area contributed by atoms with Gasteiger partial charge in [-0.2, -0.15) is 0 Å². The number of anilines is 1. The van der Waals surface area contributed by atoms with Gasteiger partial charge in [0.25, 0.3) is 0 Å². The molecule has 126 valence electrons. The normalized spacial score (nSPS) is 13.1. The summed E-state index contributed by atoms with van der Waals surface area (Å²) in [5.74, 6) is 0.834. The van der Waals surface area contributed by atoms with Crippen molar-refractivity contribution in [2.45, 2.75) is 13.2 Å². The van der Waals surface area contributed by atoms with Crippen LogP contribution in [0.2, 0.25) is 0 Å². The number of fused-ring (bicyclic) bond motifs is 1. The van der Waals surface area contributed by atoms with Crippen molar-refractivity contribution < 1.29 is 14.3 Å². The molecule has 24 heavy (non-hydrogen) atoms. The molecule has 1 N–H and O–H groups in total. The van der Waals surface area contributed by atoms with Gasteiger partial charge in [-0.05, 0) is 23.3 Å². The lowest BCUT2D eigenvalue weighted by Gasteiger charge is -2.30. The number of nitrogens with zero attached hydrogens (tertiary/aromatic N) is 1. The Morgan fingerprint density at radius 1 is 1.17 bits per heavy atom. The Labute approximate surface area is 142 Å². The van der Waals surface area contributed by atoms with Gasteiger partial charge in [0.1, 0.15) is 12.4 Å². The molecule has 3 rings (SSSR count). The monoisotopic (exact) mass is 326 g/mol. The zero-order chi connectivity index (χ0) is 16.8. The van der Waals surface area contributed by atoms with Crippen LogP contribution in [0, 0.1) is 0 Å². The standard InChI is InChI=1S/C19H22N2O3/c1-23-14-16-7-3-2-6-15(16)12-20-19(22)13-21-10-11-24-18-9-5-4-8-17(18)21/h2-9H,10-14H2,1H3,(H,20,22). The van der Waals surface area contributed by atoms with Crippen molar-refractivity contribution in [2.24, 2.45) is 0 Å². The average Bonchev–Trinajstić information content (AvgIpc) is 2.62. The summed E-state index contributed by atoms with van der Waals surface area (Å²) in [6.07, 6.45) is 0. The number of benzene rings is 2. The van der Waals surface area contributed by atoms with Crippen molar-refractivity contribution in [2.75, 3.05) is 31.7 Å². The summed E-state index contributed by atoms with van der Waals surface area (Å²) in [6, 6.07) is 15.8. The van der Waals surface area contributed by atoms with Gasteiger partial charge in [-0.25, -0.2) is 0 Å². The first-order chi connectivity index (χ1) is 11.8. The van der Waals surface area contributed by atoms with Crippen molar-refractivity contribution in [1.82, 2.24) is 5.32 Å². The Hall–Kier alpha value is -2.53. The van der Waals surface area contributed by atoms with Crippen LogP contribution in [0.25, 0.3) is 0 Å². The third-order valence-corrected chi connectivity index (χ3v) is 4.05. The molecule has 0 unspecified atom stereocenters. The SMILES string of the molecule is COCc1ccccc1CNC(=O)CN1CCOc2ccccc21. The van der Waals surface area contributed by atoms with Crippen molar-refractivity contribution >= 4 is 11.6 Å². The Balaban J connectivity index is 1.59. The quantitative estimate of drug-likeness (QED) is 0.885. The Kier molecular flexibility index (Phi) is 5.33. The molecular formula is C19H22N2O3. The maximum atomic E-state index is 12.3. The van der Waals surface area contributed by atoms with Crippen LogP contribution in [0.15, 0.2) is 48.5 Å². The number of nitrogens with one attached hydrogen (secondary N) is 1. The maximum Gasteiger partial charge on any atom is 0.239 e. The van der Waals surface area contributed by atoms with Gasteiger partial charge in [0.05, 0.1) is 25.4 Å². The first kappa shape index (κ1) is 16.3. The Morgan fingerprint density at radius 3 is 2.75 bits per heavy atom. The minimum atomic E-state index is -0.000997. The van der Waals surface area contributed by atoms with Crippen LogP contribution in [-0.2, 0) is 22.7 Å². The van der Waals surface area contributed by atoms with Crippen molar-refractivity contribution in [3.8, 4) is 5.75 Å². The van der Waals surface area contributed by atoms with E-state index in [0.717, 1.165) is 22.6 Å². The molecule has 0 fully saturated rings. The zero-order valence-corrected chi connectivity index (χ0v) is 13.8. The summed E-state index contributed by atoms with van der Waals surface area (Å²) in [6.45, 7) is 2.69. The summed E-state index contributed by atoms with van der Waals surface area (Å²) in [7, 11) is 1.67. The molecule has 5 nitrogen and oxygen atoms in total. The van der Waals surface area contributed by atoms with Crippen LogP contribution in [0.5, 0.6) is 5.75 Å². The highest BCUT2D eigenvalue weighted by Gasteiger charge is 2.19. The zero-order valence-electron chi connectivity index (χ0n) is 13.8. The first-order valence-corrected chi connectivity index (χ1v) is 8.07. The van der Waals surface area contributed by atoms with E-state index in [4.69, 9.17) is 9.47 Å². The van der Waals surface area contributed by atoms with Gasteiger partial charge in [0.15, 0.2) is 0 Å². The number of carbonyl (C=O) groups is 1. The topological polar surface area (TPSA) is 50.8 Å². The fraction of sp³-hybridized carbons (Fsp3) is 0.316. The summed E-state index contributed by atoms with van der Waals surface area (Å²) in [5.41, 5.74) is 3.14. The Bertz CT molecular complexity index is 703. The number of methoxy groups -OCH3 is 1.